The predicted octanol–water partition coefficient (Wildman–Crippen LogP) is 5.55. The Balaban J connectivity index is 1.52. The van der Waals surface area contributed by atoms with Crippen LogP contribution >= 0.6 is 0 Å². The third-order valence-electron chi connectivity index (χ3n) is 5.83. The van der Waals surface area contributed by atoms with Crippen molar-refractivity contribution in [3.8, 4) is 5.75 Å². The molecule has 28 heavy (non-hydrogen) atoms. The molecule has 1 aliphatic heterocycles. The summed E-state index contributed by atoms with van der Waals surface area (Å²) in [5.74, 6) is 0.739. The minimum atomic E-state index is -0.805. The van der Waals surface area contributed by atoms with E-state index in [4.69, 9.17) is 9.84 Å². The molecule has 0 saturated carbocycles. The zero-order valence-corrected chi connectivity index (χ0v) is 17.7. The predicted molar refractivity (Wildman–Crippen MR) is 115 cm³/mol. The van der Waals surface area contributed by atoms with E-state index < -0.39 is 5.97 Å². The van der Waals surface area contributed by atoms with Crippen molar-refractivity contribution in [3.63, 3.8) is 0 Å². The van der Waals surface area contributed by atoms with Crippen molar-refractivity contribution < 1.29 is 14.6 Å². The number of carbonyl (C=O) groups is 1. The van der Waals surface area contributed by atoms with Gasteiger partial charge in [0.15, 0.2) is 0 Å². The van der Waals surface area contributed by atoms with Crippen LogP contribution in [0.4, 0.5) is 0 Å². The molecule has 0 radical (unpaired) electrons. The molecule has 1 heterocycles. The molecule has 0 aromatic heterocycles. The van der Waals surface area contributed by atoms with Crippen LogP contribution in [0.1, 0.15) is 76.7 Å². The van der Waals surface area contributed by atoms with Crippen LogP contribution in [-0.4, -0.2) is 42.2 Å². The molecule has 1 aromatic rings. The minimum absolute atomic E-state index is 0.0500. The fourth-order valence-electron chi connectivity index (χ4n) is 4.05. The fourth-order valence-corrected chi connectivity index (χ4v) is 4.05. The topological polar surface area (TPSA) is 49.8 Å². The first-order chi connectivity index (χ1) is 13.7. The van der Waals surface area contributed by atoms with Crippen molar-refractivity contribution in [2.75, 3.05) is 26.2 Å². The summed E-state index contributed by atoms with van der Waals surface area (Å²) in [6.07, 6.45) is 13.4. The van der Waals surface area contributed by atoms with E-state index in [0.717, 1.165) is 30.3 Å². The molecule has 4 nitrogen and oxygen atoms in total. The van der Waals surface area contributed by atoms with E-state index in [0.29, 0.717) is 0 Å². The van der Waals surface area contributed by atoms with Crippen molar-refractivity contribution in [1.82, 2.24) is 4.90 Å². The van der Waals surface area contributed by atoms with Gasteiger partial charge in [-0.15, -0.1) is 0 Å². The molecular formula is C24H39NO3. The Morgan fingerprint density at radius 3 is 2.54 bits per heavy atom. The summed E-state index contributed by atoms with van der Waals surface area (Å²) in [4.78, 5) is 13.5. The number of hydrogen-bond donors (Lipinski definition) is 1. The number of ether oxygens (including phenoxy) is 1. The molecule has 1 N–H and O–H groups in total. The third-order valence-corrected chi connectivity index (χ3v) is 5.83. The SMILES string of the molecule is CCCCCCCCCN1CCC(CCOc2cccc(CC(=O)O)c2)CC1. The average Bonchev–Trinajstić information content (AvgIpc) is 2.68. The molecule has 1 aromatic carbocycles. The molecule has 1 aliphatic rings. The quantitative estimate of drug-likeness (QED) is 0.424. The van der Waals surface area contributed by atoms with Gasteiger partial charge in [-0.1, -0.05) is 57.6 Å². The molecule has 0 amide bonds. The molecule has 2 rings (SSSR count). The fraction of sp³-hybridized carbons (Fsp3) is 0.708. The molecule has 0 aliphatic carbocycles. The van der Waals surface area contributed by atoms with Crippen molar-refractivity contribution in [2.45, 2.75) is 77.6 Å². The van der Waals surface area contributed by atoms with E-state index in [1.54, 1.807) is 0 Å². The van der Waals surface area contributed by atoms with Gasteiger partial charge in [-0.25, -0.2) is 0 Å². The molecule has 158 valence electrons. The number of likely N-dealkylation sites (tertiary alicyclic amines) is 1. The number of piperidine rings is 1. The Bertz CT molecular complexity index is 553. The standard InChI is InChI=1S/C24H39NO3/c1-2-3-4-5-6-7-8-15-25-16-12-21(13-17-25)14-18-28-23-11-9-10-22(19-23)20-24(26)27/h9-11,19,21H,2-8,12-18,20H2,1H3,(H,26,27). The summed E-state index contributed by atoms with van der Waals surface area (Å²) in [6.45, 7) is 6.73. The highest BCUT2D eigenvalue weighted by Crippen LogP contribution is 2.22. The Morgan fingerprint density at radius 1 is 1.11 bits per heavy atom. The van der Waals surface area contributed by atoms with E-state index in [1.807, 2.05) is 24.3 Å². The Hall–Kier alpha value is -1.55. The van der Waals surface area contributed by atoms with Crippen molar-refractivity contribution in [1.29, 1.82) is 0 Å². The zero-order valence-electron chi connectivity index (χ0n) is 17.7. The summed E-state index contributed by atoms with van der Waals surface area (Å²) < 4.78 is 5.87. The number of unbranched alkanes of at least 4 members (excludes halogenated alkanes) is 6. The molecular weight excluding hydrogens is 350 g/mol. The Kier molecular flexibility index (Phi) is 11.0. The van der Waals surface area contributed by atoms with Crippen LogP contribution < -0.4 is 4.74 Å². The van der Waals surface area contributed by atoms with Gasteiger partial charge in [0, 0.05) is 0 Å². The van der Waals surface area contributed by atoms with Gasteiger partial charge in [-0.2, -0.15) is 0 Å². The lowest BCUT2D eigenvalue weighted by Gasteiger charge is -2.32. The van der Waals surface area contributed by atoms with E-state index in [-0.39, 0.29) is 6.42 Å². The molecule has 0 bridgehead atoms. The minimum Gasteiger partial charge on any atom is -0.494 e. The van der Waals surface area contributed by atoms with Crippen LogP contribution in [0.2, 0.25) is 0 Å². The van der Waals surface area contributed by atoms with E-state index in [1.165, 1.54) is 77.4 Å². The van der Waals surface area contributed by atoms with Crippen molar-refractivity contribution in [2.24, 2.45) is 5.92 Å². The van der Waals surface area contributed by atoms with Crippen LogP contribution in [-0.2, 0) is 11.2 Å². The van der Waals surface area contributed by atoms with Crippen molar-refractivity contribution in [3.05, 3.63) is 29.8 Å². The first-order valence-electron chi connectivity index (χ1n) is 11.3. The van der Waals surface area contributed by atoms with E-state index >= 15 is 0 Å². The van der Waals surface area contributed by atoms with Gasteiger partial charge in [-0.05, 0) is 68.9 Å². The van der Waals surface area contributed by atoms with E-state index in [9.17, 15) is 4.79 Å². The first kappa shape index (κ1) is 22.7. The lowest BCUT2D eigenvalue weighted by molar-refractivity contribution is -0.136. The summed E-state index contributed by atoms with van der Waals surface area (Å²) in [6, 6.07) is 7.47. The molecule has 4 heteroatoms. The Morgan fingerprint density at radius 2 is 1.82 bits per heavy atom. The second-order valence-electron chi connectivity index (χ2n) is 8.26. The number of rotatable bonds is 14. The van der Waals surface area contributed by atoms with Crippen molar-refractivity contribution >= 4 is 5.97 Å². The first-order valence-corrected chi connectivity index (χ1v) is 11.3. The lowest BCUT2D eigenvalue weighted by Crippen LogP contribution is -2.34. The van der Waals surface area contributed by atoms with Crippen LogP contribution in [0.25, 0.3) is 0 Å². The zero-order chi connectivity index (χ0) is 20.0. The van der Waals surface area contributed by atoms with Crippen LogP contribution in [0.15, 0.2) is 24.3 Å². The van der Waals surface area contributed by atoms with Gasteiger partial charge in [0.25, 0.3) is 0 Å². The number of carboxylic acids is 1. The molecule has 1 fully saturated rings. The summed E-state index contributed by atoms with van der Waals surface area (Å²) >= 11 is 0. The second kappa shape index (κ2) is 13.6. The maximum absolute atomic E-state index is 10.8. The maximum atomic E-state index is 10.8. The normalized spacial score (nSPS) is 15.6. The summed E-state index contributed by atoms with van der Waals surface area (Å²) in [5.41, 5.74) is 0.795. The van der Waals surface area contributed by atoms with Gasteiger partial charge < -0.3 is 14.7 Å². The van der Waals surface area contributed by atoms with Crippen LogP contribution in [0.5, 0.6) is 5.75 Å². The van der Waals surface area contributed by atoms with Crippen LogP contribution in [0.3, 0.4) is 0 Å². The third kappa shape index (κ3) is 9.59. The number of benzene rings is 1. The van der Waals surface area contributed by atoms with Crippen LogP contribution in [0, 0.1) is 5.92 Å². The lowest BCUT2D eigenvalue weighted by atomic mass is 9.94. The highest BCUT2D eigenvalue weighted by Gasteiger charge is 2.18. The number of carboxylic acid groups (broad SMARTS) is 1. The largest absolute Gasteiger partial charge is 0.494 e. The molecule has 0 unspecified atom stereocenters. The molecule has 0 spiro atoms. The summed E-state index contributed by atoms with van der Waals surface area (Å²) in [7, 11) is 0. The van der Waals surface area contributed by atoms with Gasteiger partial charge in [-0.3, -0.25) is 4.79 Å². The van der Waals surface area contributed by atoms with Gasteiger partial charge in [0.1, 0.15) is 5.75 Å². The maximum Gasteiger partial charge on any atom is 0.307 e. The summed E-state index contributed by atoms with van der Waals surface area (Å²) in [5, 5.41) is 8.89. The Labute approximate surface area is 171 Å². The highest BCUT2D eigenvalue weighted by atomic mass is 16.5. The van der Waals surface area contributed by atoms with Gasteiger partial charge in [0.2, 0.25) is 0 Å². The molecule has 1 saturated heterocycles. The number of hydrogen-bond acceptors (Lipinski definition) is 3. The average molecular weight is 390 g/mol. The van der Waals surface area contributed by atoms with Gasteiger partial charge >= 0.3 is 5.97 Å². The monoisotopic (exact) mass is 389 g/mol. The second-order valence-corrected chi connectivity index (χ2v) is 8.26. The molecule has 0 atom stereocenters. The number of nitrogens with zero attached hydrogens (tertiary/aromatic N) is 1. The van der Waals surface area contributed by atoms with E-state index in [2.05, 4.69) is 11.8 Å². The number of aliphatic carboxylic acids is 1. The van der Waals surface area contributed by atoms with Gasteiger partial charge in [0.05, 0.1) is 13.0 Å². The smallest absolute Gasteiger partial charge is 0.307 e. The highest BCUT2D eigenvalue weighted by molar-refractivity contribution is 5.70.